The minimum Gasteiger partial charge on any atom is -0.356 e. The molecule has 2 aromatic heterocycles. The molecule has 0 bridgehead atoms. The van der Waals surface area contributed by atoms with Gasteiger partial charge in [0, 0.05) is 31.5 Å². The number of piperidine rings is 1. The number of para-hydroxylation sites is 1. The van der Waals surface area contributed by atoms with Crippen LogP contribution in [-0.4, -0.2) is 38.7 Å². The van der Waals surface area contributed by atoms with Crippen LogP contribution in [0.5, 0.6) is 0 Å². The molecule has 8 heteroatoms. The van der Waals surface area contributed by atoms with E-state index < -0.39 is 0 Å². The Hall–Kier alpha value is -3.73. The molecule has 0 radical (unpaired) electrons. The minimum absolute atomic E-state index is 0.0752. The molecular weight excluding hydrogens is 354 g/mol. The smallest absolute Gasteiger partial charge is 0.229 e. The van der Waals surface area contributed by atoms with E-state index in [4.69, 9.17) is 0 Å². The van der Waals surface area contributed by atoms with Gasteiger partial charge in [0.05, 0.1) is 17.2 Å². The fraction of sp³-hybridized carbons (Fsp3) is 0.250. The molecule has 4 rings (SSSR count). The maximum atomic E-state index is 12.8. The summed E-state index contributed by atoms with van der Waals surface area (Å²) >= 11 is 0. The molecule has 1 atom stereocenters. The first-order chi connectivity index (χ1) is 13.7. The second-order valence-corrected chi connectivity index (χ2v) is 6.62. The molecule has 1 aliphatic heterocycles. The van der Waals surface area contributed by atoms with Gasteiger partial charge in [0.1, 0.15) is 18.2 Å². The summed E-state index contributed by atoms with van der Waals surface area (Å²) in [7, 11) is 0. The van der Waals surface area contributed by atoms with Gasteiger partial charge in [0.15, 0.2) is 5.82 Å². The lowest BCUT2D eigenvalue weighted by Crippen LogP contribution is -2.41. The molecule has 3 heterocycles. The van der Waals surface area contributed by atoms with Crippen LogP contribution in [-0.2, 0) is 4.79 Å². The first-order valence-electron chi connectivity index (χ1n) is 9.11. The molecule has 1 N–H and O–H groups in total. The zero-order chi connectivity index (χ0) is 19.3. The predicted octanol–water partition coefficient (Wildman–Crippen LogP) is 2.39. The van der Waals surface area contributed by atoms with Gasteiger partial charge in [-0.1, -0.05) is 12.1 Å². The van der Waals surface area contributed by atoms with Crippen LogP contribution in [0, 0.1) is 17.2 Å². The number of amides is 1. The summed E-state index contributed by atoms with van der Waals surface area (Å²) in [5.74, 6) is 1.21. The third-order valence-corrected chi connectivity index (χ3v) is 4.80. The fourth-order valence-electron chi connectivity index (χ4n) is 3.36. The predicted molar refractivity (Wildman–Crippen MR) is 104 cm³/mol. The summed E-state index contributed by atoms with van der Waals surface area (Å²) in [5, 5.41) is 16.3. The van der Waals surface area contributed by atoms with Crippen LogP contribution < -0.4 is 10.2 Å². The number of nitriles is 1. The van der Waals surface area contributed by atoms with E-state index in [1.54, 1.807) is 35.1 Å². The van der Waals surface area contributed by atoms with Gasteiger partial charge in [0.25, 0.3) is 0 Å². The monoisotopic (exact) mass is 373 g/mol. The Morgan fingerprint density at radius 1 is 1.21 bits per heavy atom. The summed E-state index contributed by atoms with van der Waals surface area (Å²) < 4.78 is 1.68. The van der Waals surface area contributed by atoms with E-state index in [-0.39, 0.29) is 11.8 Å². The number of nitrogens with zero attached hydrogens (tertiary/aromatic N) is 6. The molecule has 28 heavy (non-hydrogen) atoms. The highest BCUT2D eigenvalue weighted by molar-refractivity contribution is 5.94. The SMILES string of the molecule is N#Cc1ccccc1NC(=O)C1CCCN(c2cc(-n3cccn3)ncn2)C1. The number of rotatable bonds is 4. The van der Waals surface area contributed by atoms with E-state index in [9.17, 15) is 10.1 Å². The molecule has 1 amide bonds. The lowest BCUT2D eigenvalue weighted by Gasteiger charge is -2.33. The standard InChI is InChI=1S/C20H19N7O/c21-12-15-5-1-2-7-17(15)25-20(28)16-6-3-9-26(13-16)18-11-19(23-14-22-18)27-10-4-8-24-27/h1-2,4-5,7-8,10-11,14,16H,3,6,9,13H2,(H,25,28). The van der Waals surface area contributed by atoms with Crippen molar-refractivity contribution in [1.29, 1.82) is 5.26 Å². The van der Waals surface area contributed by atoms with Gasteiger partial charge in [0.2, 0.25) is 5.91 Å². The van der Waals surface area contributed by atoms with Crippen LogP contribution in [0.3, 0.4) is 0 Å². The number of nitrogens with one attached hydrogen (secondary N) is 1. The van der Waals surface area contributed by atoms with Crippen LogP contribution in [0.2, 0.25) is 0 Å². The summed E-state index contributed by atoms with van der Waals surface area (Å²) in [6.07, 6.45) is 6.72. The number of hydrogen-bond acceptors (Lipinski definition) is 6. The summed E-state index contributed by atoms with van der Waals surface area (Å²) in [6, 6.07) is 12.8. The summed E-state index contributed by atoms with van der Waals surface area (Å²) in [6.45, 7) is 1.39. The molecule has 1 aromatic carbocycles. The van der Waals surface area contributed by atoms with Gasteiger partial charge in [-0.2, -0.15) is 10.4 Å². The van der Waals surface area contributed by atoms with Crippen molar-refractivity contribution >= 4 is 17.4 Å². The van der Waals surface area contributed by atoms with Gasteiger partial charge in [-0.15, -0.1) is 0 Å². The maximum absolute atomic E-state index is 12.8. The average Bonchev–Trinajstić information content (AvgIpc) is 3.29. The van der Waals surface area contributed by atoms with Crippen LogP contribution in [0.15, 0.2) is 55.1 Å². The molecule has 140 valence electrons. The normalized spacial score (nSPS) is 16.4. The minimum atomic E-state index is -0.177. The molecule has 0 aliphatic carbocycles. The molecule has 1 unspecified atom stereocenters. The van der Waals surface area contributed by atoms with Crippen molar-refractivity contribution < 1.29 is 4.79 Å². The van der Waals surface area contributed by atoms with Gasteiger partial charge in [-0.25, -0.2) is 14.6 Å². The number of hydrogen-bond donors (Lipinski definition) is 1. The van der Waals surface area contributed by atoms with Crippen molar-refractivity contribution in [3.8, 4) is 11.9 Å². The zero-order valence-corrected chi connectivity index (χ0v) is 15.2. The van der Waals surface area contributed by atoms with E-state index in [0.29, 0.717) is 23.6 Å². The molecule has 8 nitrogen and oxygen atoms in total. The molecule has 0 spiro atoms. The van der Waals surface area contributed by atoms with Crippen molar-refractivity contribution in [2.24, 2.45) is 5.92 Å². The fourth-order valence-corrected chi connectivity index (χ4v) is 3.36. The van der Waals surface area contributed by atoms with Crippen molar-refractivity contribution in [2.75, 3.05) is 23.3 Å². The van der Waals surface area contributed by atoms with E-state index in [1.807, 2.05) is 18.3 Å². The number of carbonyl (C=O) groups is 1. The second-order valence-electron chi connectivity index (χ2n) is 6.62. The van der Waals surface area contributed by atoms with Gasteiger partial charge in [-0.05, 0) is 31.0 Å². The van der Waals surface area contributed by atoms with Crippen molar-refractivity contribution in [2.45, 2.75) is 12.8 Å². The van der Waals surface area contributed by atoms with Crippen LogP contribution in [0.25, 0.3) is 5.82 Å². The number of aromatic nitrogens is 4. The highest BCUT2D eigenvalue weighted by atomic mass is 16.1. The molecule has 0 saturated carbocycles. The summed E-state index contributed by atoms with van der Waals surface area (Å²) in [4.78, 5) is 23.5. The van der Waals surface area contributed by atoms with Crippen molar-refractivity contribution in [3.63, 3.8) is 0 Å². The van der Waals surface area contributed by atoms with Gasteiger partial charge < -0.3 is 10.2 Å². The maximum Gasteiger partial charge on any atom is 0.229 e. The number of anilines is 2. The summed E-state index contributed by atoms with van der Waals surface area (Å²) in [5.41, 5.74) is 1.01. The first kappa shape index (κ1) is 17.7. The molecule has 1 fully saturated rings. The van der Waals surface area contributed by atoms with E-state index in [1.165, 1.54) is 6.33 Å². The average molecular weight is 373 g/mol. The lowest BCUT2D eigenvalue weighted by molar-refractivity contribution is -0.120. The largest absolute Gasteiger partial charge is 0.356 e. The Kier molecular flexibility index (Phi) is 4.97. The lowest BCUT2D eigenvalue weighted by atomic mass is 9.97. The molecule has 1 saturated heterocycles. The first-order valence-corrected chi connectivity index (χ1v) is 9.11. The van der Waals surface area contributed by atoms with Gasteiger partial charge >= 0.3 is 0 Å². The number of carbonyl (C=O) groups excluding carboxylic acids is 1. The third-order valence-electron chi connectivity index (χ3n) is 4.80. The highest BCUT2D eigenvalue weighted by Crippen LogP contribution is 2.24. The third kappa shape index (κ3) is 3.69. The van der Waals surface area contributed by atoms with E-state index >= 15 is 0 Å². The molecule has 3 aromatic rings. The Balaban J connectivity index is 1.48. The molecule has 1 aliphatic rings. The van der Waals surface area contributed by atoms with Crippen molar-refractivity contribution in [1.82, 2.24) is 19.7 Å². The van der Waals surface area contributed by atoms with Crippen LogP contribution >= 0.6 is 0 Å². The molecular formula is C20H19N7O. The number of benzene rings is 1. The van der Waals surface area contributed by atoms with E-state index in [2.05, 4.69) is 31.4 Å². The topological polar surface area (TPSA) is 99.7 Å². The van der Waals surface area contributed by atoms with Gasteiger partial charge in [-0.3, -0.25) is 4.79 Å². The zero-order valence-electron chi connectivity index (χ0n) is 15.2. The van der Waals surface area contributed by atoms with Crippen molar-refractivity contribution in [3.05, 3.63) is 60.7 Å². The Morgan fingerprint density at radius 2 is 2.07 bits per heavy atom. The second kappa shape index (κ2) is 7.88. The van der Waals surface area contributed by atoms with Crippen LogP contribution in [0.4, 0.5) is 11.5 Å². The quantitative estimate of drug-likeness (QED) is 0.754. The highest BCUT2D eigenvalue weighted by Gasteiger charge is 2.27. The Bertz CT molecular complexity index is 1010. The van der Waals surface area contributed by atoms with Crippen LogP contribution in [0.1, 0.15) is 18.4 Å². The Labute approximate surface area is 162 Å². The van der Waals surface area contributed by atoms with E-state index in [0.717, 1.165) is 25.2 Å². The Morgan fingerprint density at radius 3 is 2.89 bits per heavy atom.